The van der Waals surface area contributed by atoms with Crippen LogP contribution in [-0.2, 0) is 0 Å². The zero-order chi connectivity index (χ0) is 20.1. The number of carbonyl (C=O) groups excluding carboxylic acids is 1. The molecule has 0 atom stereocenters. The van der Waals surface area contributed by atoms with Gasteiger partial charge in [-0.05, 0) is 35.7 Å². The third-order valence-electron chi connectivity index (χ3n) is 4.93. The van der Waals surface area contributed by atoms with Gasteiger partial charge in [-0.25, -0.2) is 9.97 Å². The molecule has 0 aliphatic rings. The fraction of sp³-hybridized carbons (Fsp3) is 0. The van der Waals surface area contributed by atoms with Crippen molar-refractivity contribution in [2.75, 3.05) is 5.32 Å². The van der Waals surface area contributed by atoms with E-state index >= 15 is 0 Å². The average Bonchev–Trinajstić information content (AvgIpc) is 3.50. The van der Waals surface area contributed by atoms with E-state index < -0.39 is 0 Å². The third-order valence-corrected chi connectivity index (χ3v) is 5.95. The van der Waals surface area contributed by atoms with Gasteiger partial charge in [-0.1, -0.05) is 12.1 Å². The molecule has 0 fully saturated rings. The lowest BCUT2D eigenvalue weighted by atomic mass is 10.1. The molecule has 0 radical (unpaired) electrons. The van der Waals surface area contributed by atoms with Crippen LogP contribution in [0.15, 0.2) is 65.4 Å². The molecule has 8 heteroatoms. The van der Waals surface area contributed by atoms with Crippen molar-refractivity contribution in [3.63, 3.8) is 0 Å². The van der Waals surface area contributed by atoms with Crippen LogP contribution in [0.3, 0.4) is 0 Å². The van der Waals surface area contributed by atoms with E-state index in [4.69, 9.17) is 9.40 Å². The molecular formula is C22H13N5O2S. The number of rotatable bonds is 4. The lowest BCUT2D eigenvalue weighted by molar-refractivity contribution is 0.112. The number of furan rings is 1. The van der Waals surface area contributed by atoms with Crippen molar-refractivity contribution >= 4 is 61.3 Å². The van der Waals surface area contributed by atoms with Gasteiger partial charge in [0.05, 0.1) is 22.9 Å². The summed E-state index contributed by atoms with van der Waals surface area (Å²) in [5.41, 5.74) is 4.76. The number of fused-ring (bicyclic) bond motifs is 3. The van der Waals surface area contributed by atoms with E-state index in [1.165, 1.54) is 11.3 Å². The van der Waals surface area contributed by atoms with Crippen LogP contribution >= 0.6 is 11.3 Å². The number of hydrogen-bond donors (Lipinski definition) is 2. The minimum absolute atomic E-state index is 0.474. The van der Waals surface area contributed by atoms with Crippen LogP contribution in [0.25, 0.3) is 43.3 Å². The van der Waals surface area contributed by atoms with Crippen LogP contribution in [0.5, 0.6) is 0 Å². The Morgan fingerprint density at radius 3 is 2.93 bits per heavy atom. The van der Waals surface area contributed by atoms with Crippen LogP contribution in [0.1, 0.15) is 9.67 Å². The summed E-state index contributed by atoms with van der Waals surface area (Å²) in [6.45, 7) is 0. The molecule has 144 valence electrons. The lowest BCUT2D eigenvalue weighted by Gasteiger charge is -2.08. The van der Waals surface area contributed by atoms with E-state index in [1.807, 2.05) is 48.5 Å². The summed E-state index contributed by atoms with van der Waals surface area (Å²) in [5, 5.41) is 12.3. The van der Waals surface area contributed by atoms with Crippen molar-refractivity contribution in [2.24, 2.45) is 0 Å². The SMILES string of the molecule is O=Cc1cc2ccc(-c3nc(Nc4ccc5[nH]ncc5c4)nc4ccoc34)cc2s1. The number of aromatic amines is 1. The summed E-state index contributed by atoms with van der Waals surface area (Å²) >= 11 is 1.46. The second-order valence-corrected chi connectivity index (χ2v) is 7.96. The van der Waals surface area contributed by atoms with Crippen LogP contribution in [0, 0.1) is 0 Å². The molecule has 0 spiro atoms. The predicted octanol–water partition coefficient (Wildman–Crippen LogP) is 5.54. The molecule has 0 aliphatic heterocycles. The maximum Gasteiger partial charge on any atom is 0.228 e. The Labute approximate surface area is 173 Å². The summed E-state index contributed by atoms with van der Waals surface area (Å²) in [7, 11) is 0. The summed E-state index contributed by atoms with van der Waals surface area (Å²) in [6.07, 6.45) is 4.26. The highest BCUT2D eigenvalue weighted by Gasteiger charge is 2.14. The molecule has 6 aromatic rings. The predicted molar refractivity (Wildman–Crippen MR) is 117 cm³/mol. The number of hydrogen-bond acceptors (Lipinski definition) is 7. The van der Waals surface area contributed by atoms with Gasteiger partial charge in [0.15, 0.2) is 11.9 Å². The quantitative estimate of drug-likeness (QED) is 0.370. The first-order valence-corrected chi connectivity index (χ1v) is 10.0. The molecular weight excluding hydrogens is 398 g/mol. The summed E-state index contributed by atoms with van der Waals surface area (Å²) in [6, 6.07) is 15.6. The van der Waals surface area contributed by atoms with Crippen molar-refractivity contribution in [1.29, 1.82) is 0 Å². The number of benzene rings is 2. The molecule has 2 aromatic carbocycles. The Kier molecular flexibility index (Phi) is 3.65. The van der Waals surface area contributed by atoms with Crippen molar-refractivity contribution in [3.05, 3.63) is 65.9 Å². The molecule has 0 saturated heterocycles. The molecule has 7 nitrogen and oxygen atoms in total. The fourth-order valence-electron chi connectivity index (χ4n) is 3.52. The van der Waals surface area contributed by atoms with E-state index in [0.717, 1.165) is 38.5 Å². The van der Waals surface area contributed by atoms with Gasteiger partial charge in [-0.15, -0.1) is 11.3 Å². The molecule has 0 bridgehead atoms. The third kappa shape index (κ3) is 2.73. The minimum atomic E-state index is 0.474. The number of aromatic nitrogens is 4. The van der Waals surface area contributed by atoms with Gasteiger partial charge in [0.2, 0.25) is 5.95 Å². The number of anilines is 2. The Balaban J connectivity index is 1.46. The number of thiophene rings is 1. The van der Waals surface area contributed by atoms with E-state index in [0.29, 0.717) is 27.6 Å². The summed E-state index contributed by atoms with van der Waals surface area (Å²) in [5.74, 6) is 0.474. The number of nitrogens with zero attached hydrogens (tertiary/aromatic N) is 3. The Morgan fingerprint density at radius 1 is 1.03 bits per heavy atom. The highest BCUT2D eigenvalue weighted by Crippen LogP contribution is 2.33. The number of carbonyl (C=O) groups is 1. The Hall–Kier alpha value is -4.04. The molecule has 0 aliphatic carbocycles. The van der Waals surface area contributed by atoms with E-state index in [1.54, 1.807) is 12.5 Å². The van der Waals surface area contributed by atoms with E-state index in [2.05, 4.69) is 20.5 Å². The lowest BCUT2D eigenvalue weighted by Crippen LogP contribution is -1.99. The maximum absolute atomic E-state index is 11.1. The molecule has 0 saturated carbocycles. The minimum Gasteiger partial charge on any atom is -0.460 e. The zero-order valence-electron chi connectivity index (χ0n) is 15.4. The van der Waals surface area contributed by atoms with Crippen LogP contribution in [0.2, 0.25) is 0 Å². The molecule has 4 heterocycles. The average molecular weight is 411 g/mol. The Bertz CT molecular complexity index is 1560. The van der Waals surface area contributed by atoms with Gasteiger partial charge in [0.25, 0.3) is 0 Å². The van der Waals surface area contributed by atoms with Crippen molar-refractivity contribution < 1.29 is 9.21 Å². The van der Waals surface area contributed by atoms with Crippen LogP contribution < -0.4 is 5.32 Å². The highest BCUT2D eigenvalue weighted by atomic mass is 32.1. The molecule has 4 aromatic heterocycles. The van der Waals surface area contributed by atoms with Gasteiger partial charge < -0.3 is 9.73 Å². The number of nitrogens with one attached hydrogen (secondary N) is 2. The monoisotopic (exact) mass is 411 g/mol. The molecule has 0 amide bonds. The van der Waals surface area contributed by atoms with Gasteiger partial charge in [-0.3, -0.25) is 9.89 Å². The normalized spacial score (nSPS) is 11.5. The van der Waals surface area contributed by atoms with Gasteiger partial charge in [0.1, 0.15) is 11.2 Å². The molecule has 6 rings (SSSR count). The van der Waals surface area contributed by atoms with Gasteiger partial charge >= 0.3 is 0 Å². The first-order chi connectivity index (χ1) is 14.8. The van der Waals surface area contributed by atoms with E-state index in [-0.39, 0.29) is 0 Å². The van der Waals surface area contributed by atoms with Crippen LogP contribution in [0.4, 0.5) is 11.6 Å². The Morgan fingerprint density at radius 2 is 2.00 bits per heavy atom. The first kappa shape index (κ1) is 16.9. The molecule has 30 heavy (non-hydrogen) atoms. The second kappa shape index (κ2) is 6.50. The van der Waals surface area contributed by atoms with Gasteiger partial charge in [0, 0.05) is 27.4 Å². The first-order valence-electron chi connectivity index (χ1n) is 9.21. The summed E-state index contributed by atoms with van der Waals surface area (Å²) < 4.78 is 6.70. The van der Waals surface area contributed by atoms with Crippen molar-refractivity contribution in [2.45, 2.75) is 0 Å². The molecule has 2 N–H and O–H groups in total. The topological polar surface area (TPSA) is 96.7 Å². The number of H-pyrrole nitrogens is 1. The second-order valence-electron chi connectivity index (χ2n) is 6.85. The maximum atomic E-state index is 11.1. The summed E-state index contributed by atoms with van der Waals surface area (Å²) in [4.78, 5) is 21.1. The fourth-order valence-corrected chi connectivity index (χ4v) is 4.44. The van der Waals surface area contributed by atoms with Gasteiger partial charge in [-0.2, -0.15) is 5.10 Å². The number of aldehydes is 1. The molecule has 0 unspecified atom stereocenters. The van der Waals surface area contributed by atoms with Crippen molar-refractivity contribution in [3.8, 4) is 11.3 Å². The van der Waals surface area contributed by atoms with E-state index in [9.17, 15) is 4.79 Å². The van der Waals surface area contributed by atoms with Crippen molar-refractivity contribution in [1.82, 2.24) is 20.2 Å². The highest BCUT2D eigenvalue weighted by molar-refractivity contribution is 7.20. The standard InChI is InChI=1S/C22H13N5O2S/c28-11-16-8-12-1-2-13(9-19(12)30-16)20-21-18(5-6-29-21)25-22(26-20)24-15-3-4-17-14(7-15)10-23-27-17/h1-11H,(H,23,27)(H,24,25,26). The largest absolute Gasteiger partial charge is 0.460 e. The zero-order valence-corrected chi connectivity index (χ0v) is 16.2. The van der Waals surface area contributed by atoms with Crippen LogP contribution in [-0.4, -0.2) is 26.5 Å². The smallest absolute Gasteiger partial charge is 0.228 e.